The zero-order valence-corrected chi connectivity index (χ0v) is 13.9. The van der Waals surface area contributed by atoms with Crippen molar-refractivity contribution < 1.29 is 19.4 Å². The summed E-state index contributed by atoms with van der Waals surface area (Å²) in [7, 11) is 1.56. The number of ether oxygens (including phenoxy) is 2. The first-order chi connectivity index (χ1) is 10.2. The molecule has 2 atom stereocenters. The molecule has 1 aliphatic heterocycles. The normalized spacial score (nSPS) is 20.7. The lowest BCUT2D eigenvalue weighted by molar-refractivity contribution is -0.120. The fourth-order valence-electron chi connectivity index (χ4n) is 2.97. The Morgan fingerprint density at radius 2 is 2.23 bits per heavy atom. The van der Waals surface area contributed by atoms with Crippen molar-refractivity contribution in [3.05, 3.63) is 28.8 Å². The van der Waals surface area contributed by atoms with E-state index in [9.17, 15) is 9.90 Å². The third kappa shape index (κ3) is 3.59. The molecule has 0 radical (unpaired) electrons. The van der Waals surface area contributed by atoms with Crippen LogP contribution in [0.2, 0.25) is 0 Å². The summed E-state index contributed by atoms with van der Waals surface area (Å²) in [5.41, 5.74) is 2.29. The number of methoxy groups -OCH3 is 1. The fourth-order valence-corrected chi connectivity index (χ4v) is 2.97. The number of hydrogen-bond acceptors (Lipinski definition) is 4. The molecule has 2 rings (SSSR count). The highest BCUT2D eigenvalue weighted by Gasteiger charge is 2.35. The summed E-state index contributed by atoms with van der Waals surface area (Å²) < 4.78 is 11.1. The molecule has 1 aromatic rings. The summed E-state index contributed by atoms with van der Waals surface area (Å²) >= 11 is 0. The smallest absolute Gasteiger partial charge is 0.217 e. The number of aryl methyl sites for hydroxylation is 1. The molecule has 0 bridgehead atoms. The molecule has 1 amide bonds. The van der Waals surface area contributed by atoms with Gasteiger partial charge in [0.25, 0.3) is 0 Å². The Morgan fingerprint density at radius 1 is 1.55 bits per heavy atom. The van der Waals surface area contributed by atoms with Gasteiger partial charge in [-0.05, 0) is 44.0 Å². The number of aliphatic hydroxyl groups excluding tert-OH is 1. The third-order valence-corrected chi connectivity index (χ3v) is 3.86. The molecule has 5 heteroatoms. The first-order valence-electron chi connectivity index (χ1n) is 7.51. The second-order valence-electron chi connectivity index (χ2n) is 6.55. The molecule has 5 nitrogen and oxygen atoms in total. The van der Waals surface area contributed by atoms with Crippen molar-refractivity contribution in [2.45, 2.75) is 51.9 Å². The van der Waals surface area contributed by atoms with Crippen LogP contribution >= 0.6 is 0 Å². The number of fused-ring (bicyclic) bond motifs is 1. The van der Waals surface area contributed by atoms with Crippen molar-refractivity contribution in [2.75, 3.05) is 13.7 Å². The molecule has 2 unspecified atom stereocenters. The zero-order chi connectivity index (χ0) is 16.5. The van der Waals surface area contributed by atoms with Gasteiger partial charge in [0.15, 0.2) is 0 Å². The predicted octanol–water partition coefficient (Wildman–Crippen LogP) is 2.41. The largest absolute Gasteiger partial charge is 0.487 e. The van der Waals surface area contributed by atoms with Crippen molar-refractivity contribution in [2.24, 2.45) is 0 Å². The Labute approximate surface area is 131 Å². The van der Waals surface area contributed by atoms with Crippen molar-refractivity contribution >= 4 is 5.91 Å². The number of benzene rings is 1. The first kappa shape index (κ1) is 16.8. The van der Waals surface area contributed by atoms with Gasteiger partial charge in [0.1, 0.15) is 17.5 Å². The number of carbonyl (C=O) groups is 1. The molecule has 1 heterocycles. The van der Waals surface area contributed by atoms with E-state index in [4.69, 9.17) is 9.47 Å². The van der Waals surface area contributed by atoms with Crippen LogP contribution in [0.5, 0.6) is 5.75 Å². The zero-order valence-electron chi connectivity index (χ0n) is 13.9. The maximum atomic E-state index is 11.5. The van der Waals surface area contributed by atoms with Crippen LogP contribution < -0.4 is 10.1 Å². The van der Waals surface area contributed by atoms with Crippen molar-refractivity contribution in [3.63, 3.8) is 0 Å². The van der Waals surface area contributed by atoms with Crippen LogP contribution in [0.1, 0.15) is 56.0 Å². The number of nitrogens with one attached hydrogen (secondary N) is 1. The van der Waals surface area contributed by atoms with Crippen molar-refractivity contribution in [3.8, 4) is 5.75 Å². The fraction of sp³-hybridized carbons (Fsp3) is 0.588. The van der Waals surface area contributed by atoms with Crippen LogP contribution in [-0.4, -0.2) is 30.3 Å². The summed E-state index contributed by atoms with van der Waals surface area (Å²) in [6.45, 7) is 7.72. The second kappa shape index (κ2) is 6.26. The van der Waals surface area contributed by atoms with Crippen LogP contribution in [0.4, 0.5) is 0 Å². The standard InChI is InChI=1S/C17H25NO4/c1-10-6-12(15(20)9-21-5)7-13-14(18-11(2)19)8-17(3,4)22-16(10)13/h6-7,14-15,20H,8-9H2,1-5H3,(H,18,19). The van der Waals surface area contributed by atoms with Gasteiger partial charge in [-0.1, -0.05) is 0 Å². The van der Waals surface area contributed by atoms with E-state index in [0.717, 1.165) is 22.4 Å². The van der Waals surface area contributed by atoms with E-state index in [0.29, 0.717) is 6.42 Å². The minimum Gasteiger partial charge on any atom is -0.487 e. The molecule has 0 fully saturated rings. The molecule has 0 saturated heterocycles. The average Bonchev–Trinajstić information content (AvgIpc) is 2.38. The van der Waals surface area contributed by atoms with Gasteiger partial charge < -0.3 is 19.9 Å². The summed E-state index contributed by atoms with van der Waals surface area (Å²) in [6, 6.07) is 3.70. The van der Waals surface area contributed by atoms with Crippen LogP contribution in [-0.2, 0) is 9.53 Å². The monoisotopic (exact) mass is 307 g/mol. The Kier molecular flexibility index (Phi) is 4.78. The molecule has 22 heavy (non-hydrogen) atoms. The Bertz CT molecular complexity index is 568. The lowest BCUT2D eigenvalue weighted by atomic mass is 9.86. The van der Waals surface area contributed by atoms with Gasteiger partial charge >= 0.3 is 0 Å². The van der Waals surface area contributed by atoms with Gasteiger partial charge in [0.05, 0.1) is 12.6 Å². The highest BCUT2D eigenvalue weighted by molar-refractivity contribution is 5.73. The van der Waals surface area contributed by atoms with E-state index in [1.165, 1.54) is 6.92 Å². The first-order valence-corrected chi connectivity index (χ1v) is 7.51. The van der Waals surface area contributed by atoms with Gasteiger partial charge in [0, 0.05) is 26.0 Å². The van der Waals surface area contributed by atoms with Crippen molar-refractivity contribution in [1.82, 2.24) is 5.32 Å². The van der Waals surface area contributed by atoms with Crippen LogP contribution in [0.3, 0.4) is 0 Å². The predicted molar refractivity (Wildman–Crippen MR) is 83.9 cm³/mol. The molecule has 0 aromatic heterocycles. The lowest BCUT2D eigenvalue weighted by Crippen LogP contribution is -2.41. The summed E-state index contributed by atoms with van der Waals surface area (Å²) in [4.78, 5) is 11.5. The molecule has 1 aromatic carbocycles. The van der Waals surface area contributed by atoms with Crippen LogP contribution in [0.15, 0.2) is 12.1 Å². The van der Waals surface area contributed by atoms with E-state index in [1.807, 2.05) is 32.9 Å². The van der Waals surface area contributed by atoms with E-state index >= 15 is 0 Å². The van der Waals surface area contributed by atoms with E-state index in [-0.39, 0.29) is 24.2 Å². The number of amides is 1. The Morgan fingerprint density at radius 3 is 2.82 bits per heavy atom. The van der Waals surface area contributed by atoms with Gasteiger partial charge in [-0.15, -0.1) is 0 Å². The maximum absolute atomic E-state index is 11.5. The van der Waals surface area contributed by atoms with Crippen LogP contribution in [0.25, 0.3) is 0 Å². The highest BCUT2D eigenvalue weighted by Crippen LogP contribution is 2.42. The average molecular weight is 307 g/mol. The number of rotatable bonds is 4. The number of carbonyl (C=O) groups excluding carboxylic acids is 1. The SMILES string of the molecule is COCC(O)c1cc(C)c2c(c1)C(NC(C)=O)CC(C)(C)O2. The molecule has 1 aliphatic rings. The van der Waals surface area contributed by atoms with E-state index in [2.05, 4.69) is 5.32 Å². The van der Waals surface area contributed by atoms with Gasteiger partial charge in [-0.2, -0.15) is 0 Å². The summed E-state index contributed by atoms with van der Waals surface area (Å²) in [6.07, 6.45) is -0.00929. The quantitative estimate of drug-likeness (QED) is 0.896. The highest BCUT2D eigenvalue weighted by atomic mass is 16.5. The summed E-state index contributed by atoms with van der Waals surface area (Å²) in [5, 5.41) is 13.2. The molecule has 2 N–H and O–H groups in total. The lowest BCUT2D eigenvalue weighted by Gasteiger charge is -2.39. The van der Waals surface area contributed by atoms with Gasteiger partial charge in [-0.25, -0.2) is 0 Å². The minimum atomic E-state index is -0.693. The molecule has 0 spiro atoms. The van der Waals surface area contributed by atoms with Gasteiger partial charge in [-0.3, -0.25) is 4.79 Å². The minimum absolute atomic E-state index is 0.0749. The molecule has 0 saturated carbocycles. The Hall–Kier alpha value is -1.59. The van der Waals surface area contributed by atoms with Crippen molar-refractivity contribution in [1.29, 1.82) is 0 Å². The topological polar surface area (TPSA) is 67.8 Å². The van der Waals surface area contributed by atoms with E-state index < -0.39 is 6.10 Å². The van der Waals surface area contributed by atoms with E-state index in [1.54, 1.807) is 7.11 Å². The second-order valence-corrected chi connectivity index (χ2v) is 6.55. The molecule has 122 valence electrons. The summed E-state index contributed by atoms with van der Waals surface area (Å²) in [5.74, 6) is 0.720. The number of aliphatic hydroxyl groups is 1. The van der Waals surface area contributed by atoms with Crippen LogP contribution in [0, 0.1) is 6.92 Å². The Balaban J connectivity index is 2.46. The molecular weight excluding hydrogens is 282 g/mol. The molecule has 0 aliphatic carbocycles. The van der Waals surface area contributed by atoms with Gasteiger partial charge in [0.2, 0.25) is 5.91 Å². The number of hydrogen-bond donors (Lipinski definition) is 2. The molecular formula is C17H25NO4. The third-order valence-electron chi connectivity index (χ3n) is 3.86. The maximum Gasteiger partial charge on any atom is 0.217 e.